The number of unbranched alkanes of at least 4 members (excludes halogenated alkanes) is 1. The highest BCUT2D eigenvalue weighted by Gasteiger charge is 2.42. The predicted octanol–water partition coefficient (Wildman–Crippen LogP) is -2.17. The number of aryl methyl sites for hydroxylation is 1. The van der Waals surface area contributed by atoms with Crippen LogP contribution in [-0.4, -0.2) is 77.9 Å². The van der Waals surface area contributed by atoms with Crippen LogP contribution in [0.1, 0.15) is 30.7 Å². The maximum absolute atomic E-state index is 11.7. The SMILES string of the molecule is O=c1c(O)c(CO)[nH]c(CCCC[C@H]2O[C@H](CO)[C@@H](O)[C@H](O)[C@H]2O)c1O. The van der Waals surface area contributed by atoms with Gasteiger partial charge in [-0.15, -0.1) is 0 Å². The molecule has 148 valence electrons. The van der Waals surface area contributed by atoms with Crippen molar-refractivity contribution in [3.05, 3.63) is 21.6 Å². The summed E-state index contributed by atoms with van der Waals surface area (Å²) in [5, 5.41) is 67.0. The number of aromatic hydroxyl groups is 2. The Morgan fingerprint density at radius 2 is 1.50 bits per heavy atom. The Balaban J connectivity index is 1.93. The highest BCUT2D eigenvalue weighted by atomic mass is 16.5. The largest absolute Gasteiger partial charge is 0.503 e. The molecule has 1 aliphatic heterocycles. The van der Waals surface area contributed by atoms with Crippen LogP contribution in [0.15, 0.2) is 4.79 Å². The van der Waals surface area contributed by atoms with E-state index < -0.39 is 60.7 Å². The van der Waals surface area contributed by atoms with Gasteiger partial charge < -0.3 is 45.5 Å². The molecule has 0 spiro atoms. The first-order chi connectivity index (χ1) is 12.3. The fraction of sp³-hybridized carbons (Fsp3) is 0.688. The summed E-state index contributed by atoms with van der Waals surface area (Å²) in [7, 11) is 0. The number of aliphatic hydroxyl groups is 5. The van der Waals surface area contributed by atoms with Crippen LogP contribution in [0, 0.1) is 0 Å². The number of H-pyrrole nitrogens is 1. The summed E-state index contributed by atoms with van der Waals surface area (Å²) in [6, 6.07) is 0. The molecule has 10 heteroatoms. The van der Waals surface area contributed by atoms with Crippen LogP contribution in [0.2, 0.25) is 0 Å². The van der Waals surface area contributed by atoms with E-state index in [1.807, 2.05) is 0 Å². The number of rotatable bonds is 7. The molecule has 26 heavy (non-hydrogen) atoms. The van der Waals surface area contributed by atoms with Gasteiger partial charge in [-0.2, -0.15) is 0 Å². The summed E-state index contributed by atoms with van der Waals surface area (Å²) in [6.07, 6.45) is -4.33. The van der Waals surface area contributed by atoms with Gasteiger partial charge in [-0.25, -0.2) is 0 Å². The maximum Gasteiger partial charge on any atom is 0.265 e. The number of aromatic nitrogens is 1. The van der Waals surface area contributed by atoms with Gasteiger partial charge in [-0.05, 0) is 19.3 Å². The number of hydrogen-bond acceptors (Lipinski definition) is 9. The van der Waals surface area contributed by atoms with Crippen molar-refractivity contribution in [1.82, 2.24) is 4.98 Å². The van der Waals surface area contributed by atoms with Gasteiger partial charge in [0.1, 0.15) is 24.4 Å². The first kappa shape index (κ1) is 20.6. The topological polar surface area (TPSA) is 184 Å². The second kappa shape index (κ2) is 8.80. The summed E-state index contributed by atoms with van der Waals surface area (Å²) >= 11 is 0. The molecule has 10 nitrogen and oxygen atoms in total. The van der Waals surface area contributed by atoms with Crippen molar-refractivity contribution < 1.29 is 40.5 Å². The molecule has 8 N–H and O–H groups in total. The maximum atomic E-state index is 11.7. The van der Waals surface area contributed by atoms with E-state index in [4.69, 9.17) is 14.9 Å². The van der Waals surface area contributed by atoms with Crippen molar-refractivity contribution >= 4 is 0 Å². The molecule has 0 amide bonds. The molecule has 2 rings (SSSR count). The van der Waals surface area contributed by atoms with Crippen molar-refractivity contribution in [3.63, 3.8) is 0 Å². The third kappa shape index (κ3) is 4.17. The lowest BCUT2D eigenvalue weighted by Crippen LogP contribution is -2.58. The smallest absolute Gasteiger partial charge is 0.265 e. The predicted molar refractivity (Wildman–Crippen MR) is 87.6 cm³/mol. The second-order valence-corrected chi connectivity index (χ2v) is 6.38. The van der Waals surface area contributed by atoms with E-state index >= 15 is 0 Å². The first-order valence-electron chi connectivity index (χ1n) is 8.39. The van der Waals surface area contributed by atoms with Gasteiger partial charge in [-0.1, -0.05) is 6.42 Å². The van der Waals surface area contributed by atoms with E-state index in [1.165, 1.54) is 0 Å². The van der Waals surface area contributed by atoms with Gasteiger partial charge in [0.15, 0.2) is 11.5 Å². The van der Waals surface area contributed by atoms with Gasteiger partial charge in [0, 0.05) is 0 Å². The molecule has 1 aromatic heterocycles. The van der Waals surface area contributed by atoms with E-state index in [0.717, 1.165) is 0 Å². The van der Waals surface area contributed by atoms with Crippen molar-refractivity contribution in [2.24, 2.45) is 0 Å². The molecule has 0 aliphatic carbocycles. The van der Waals surface area contributed by atoms with Gasteiger partial charge in [0.25, 0.3) is 5.43 Å². The summed E-state index contributed by atoms with van der Waals surface area (Å²) in [5.41, 5.74) is -0.876. The van der Waals surface area contributed by atoms with Crippen LogP contribution >= 0.6 is 0 Å². The molecule has 0 unspecified atom stereocenters. The zero-order chi connectivity index (χ0) is 19.4. The lowest BCUT2D eigenvalue weighted by Gasteiger charge is -2.40. The molecule has 2 heterocycles. The molecular formula is C16H25NO9. The number of nitrogens with one attached hydrogen (secondary N) is 1. The third-order valence-electron chi connectivity index (χ3n) is 4.62. The normalized spacial score (nSPS) is 29.0. The van der Waals surface area contributed by atoms with Crippen LogP contribution in [0.4, 0.5) is 0 Å². The molecule has 1 aliphatic rings. The Morgan fingerprint density at radius 3 is 2.12 bits per heavy atom. The molecule has 0 aromatic carbocycles. The van der Waals surface area contributed by atoms with Crippen molar-refractivity contribution in [1.29, 1.82) is 0 Å². The molecule has 1 fully saturated rings. The molecule has 0 radical (unpaired) electrons. The van der Waals surface area contributed by atoms with Crippen LogP contribution < -0.4 is 5.43 Å². The third-order valence-corrected chi connectivity index (χ3v) is 4.62. The van der Waals surface area contributed by atoms with Gasteiger partial charge in [0.2, 0.25) is 0 Å². The Bertz CT molecular complexity index is 660. The van der Waals surface area contributed by atoms with Gasteiger partial charge in [-0.3, -0.25) is 4.79 Å². The minimum Gasteiger partial charge on any atom is -0.503 e. The summed E-state index contributed by atoms with van der Waals surface area (Å²) in [6.45, 7) is -1.08. The first-order valence-corrected chi connectivity index (χ1v) is 8.39. The summed E-state index contributed by atoms with van der Waals surface area (Å²) < 4.78 is 5.39. The molecule has 0 saturated carbocycles. The summed E-state index contributed by atoms with van der Waals surface area (Å²) in [4.78, 5) is 14.3. The average molecular weight is 375 g/mol. The minimum atomic E-state index is -1.42. The molecule has 1 saturated heterocycles. The highest BCUT2D eigenvalue weighted by molar-refractivity contribution is 5.38. The average Bonchev–Trinajstić information content (AvgIpc) is 2.64. The number of aliphatic hydroxyl groups excluding tert-OH is 5. The van der Waals surface area contributed by atoms with Gasteiger partial charge in [0.05, 0.1) is 30.7 Å². The van der Waals surface area contributed by atoms with Crippen molar-refractivity contribution in [2.75, 3.05) is 6.61 Å². The molecule has 1 aromatic rings. The standard InChI is InChI=1S/C16H25NO9/c18-5-8-12(21)15(24)11(20)7(17-8)3-1-2-4-9-13(22)16(25)14(23)10(6-19)26-9/h9-10,13-14,16,18-23,25H,1-6H2,(H,17,24)/t9-,10-,13+,14-,16-/m1/s1. The Labute approximate surface area is 148 Å². The van der Waals surface area contributed by atoms with E-state index in [1.54, 1.807) is 0 Å². The zero-order valence-corrected chi connectivity index (χ0v) is 14.1. The quantitative estimate of drug-likeness (QED) is 0.246. The number of pyridine rings is 1. The Kier molecular flexibility index (Phi) is 6.98. The van der Waals surface area contributed by atoms with Crippen LogP contribution in [0.3, 0.4) is 0 Å². The molecule has 0 bridgehead atoms. The Morgan fingerprint density at radius 1 is 0.885 bits per heavy atom. The zero-order valence-electron chi connectivity index (χ0n) is 14.1. The monoisotopic (exact) mass is 375 g/mol. The van der Waals surface area contributed by atoms with Crippen LogP contribution in [0.5, 0.6) is 11.5 Å². The lowest BCUT2D eigenvalue weighted by molar-refractivity contribution is -0.230. The van der Waals surface area contributed by atoms with E-state index in [2.05, 4.69) is 4.98 Å². The van der Waals surface area contributed by atoms with Crippen LogP contribution in [0.25, 0.3) is 0 Å². The van der Waals surface area contributed by atoms with E-state index in [-0.39, 0.29) is 17.8 Å². The molecular weight excluding hydrogens is 350 g/mol. The number of aromatic amines is 1. The fourth-order valence-electron chi connectivity index (χ4n) is 3.05. The number of ether oxygens (including phenoxy) is 1. The van der Waals surface area contributed by atoms with Crippen molar-refractivity contribution in [2.45, 2.75) is 62.8 Å². The van der Waals surface area contributed by atoms with Crippen LogP contribution in [-0.2, 0) is 17.8 Å². The fourth-order valence-corrected chi connectivity index (χ4v) is 3.05. The Hall–Kier alpha value is -1.69. The summed E-state index contributed by atoms with van der Waals surface area (Å²) in [5.74, 6) is -1.34. The second-order valence-electron chi connectivity index (χ2n) is 6.38. The number of hydrogen-bond donors (Lipinski definition) is 8. The highest BCUT2D eigenvalue weighted by Crippen LogP contribution is 2.25. The van der Waals surface area contributed by atoms with Crippen molar-refractivity contribution in [3.8, 4) is 11.5 Å². The lowest BCUT2D eigenvalue weighted by atomic mass is 9.92. The van der Waals surface area contributed by atoms with E-state index in [9.17, 15) is 30.3 Å². The van der Waals surface area contributed by atoms with Gasteiger partial charge >= 0.3 is 0 Å². The van der Waals surface area contributed by atoms with E-state index in [0.29, 0.717) is 19.3 Å². The molecule has 5 atom stereocenters. The minimum absolute atomic E-state index is 0.0864.